The molecule has 1 aromatic carbocycles. The van der Waals surface area contributed by atoms with Crippen LogP contribution < -0.4 is 15.8 Å². The van der Waals surface area contributed by atoms with Crippen molar-refractivity contribution in [3.8, 4) is 5.88 Å². The number of nitrogens with one attached hydrogen (secondary N) is 1. The molecule has 0 bridgehead atoms. The zero-order valence-electron chi connectivity index (χ0n) is 14.4. The van der Waals surface area contributed by atoms with Gasteiger partial charge in [0.25, 0.3) is 0 Å². The van der Waals surface area contributed by atoms with Crippen LogP contribution in [-0.2, 0) is 6.54 Å². The van der Waals surface area contributed by atoms with Crippen LogP contribution in [0.15, 0.2) is 42.5 Å². The molecule has 0 atom stereocenters. The maximum absolute atomic E-state index is 12.3. The van der Waals surface area contributed by atoms with Gasteiger partial charge in [0.15, 0.2) is 0 Å². The minimum atomic E-state index is -0.0660. The van der Waals surface area contributed by atoms with Crippen molar-refractivity contribution in [3.63, 3.8) is 0 Å². The summed E-state index contributed by atoms with van der Waals surface area (Å²) in [5.41, 5.74) is 8.43. The molecule has 0 saturated carbocycles. The molecule has 0 spiro atoms. The van der Waals surface area contributed by atoms with Gasteiger partial charge in [0, 0.05) is 49.9 Å². The summed E-state index contributed by atoms with van der Waals surface area (Å²) < 4.78 is 6.00. The van der Waals surface area contributed by atoms with Crippen LogP contribution in [0.4, 0.5) is 10.5 Å². The van der Waals surface area contributed by atoms with E-state index in [0.717, 1.165) is 29.8 Å². The molecule has 3 rings (SSSR count). The smallest absolute Gasteiger partial charge is 0.321 e. The number of rotatable bonds is 4. The molecule has 2 heterocycles. The molecule has 2 aromatic rings. The quantitative estimate of drug-likeness (QED) is 0.897. The standard InChI is InChI=1S/C19H24N4O2/c1-14-11-15(13-20)12-18(21-14)25-17-7-9-23(10-8-17)19(24)22-16-5-3-2-4-6-16/h2-6,11-12,17H,7-10,13,20H2,1H3,(H,22,24). The number of para-hydroxylation sites is 1. The second kappa shape index (κ2) is 7.98. The van der Waals surface area contributed by atoms with Crippen LogP contribution in [0.1, 0.15) is 24.1 Å². The number of nitrogens with two attached hydrogens (primary N) is 1. The minimum Gasteiger partial charge on any atom is -0.474 e. The predicted molar refractivity (Wildman–Crippen MR) is 97.5 cm³/mol. The molecule has 3 N–H and O–H groups in total. The Hall–Kier alpha value is -2.60. The number of ether oxygens (including phenoxy) is 1. The molecular weight excluding hydrogens is 316 g/mol. The van der Waals surface area contributed by atoms with Gasteiger partial charge in [-0.1, -0.05) is 18.2 Å². The third kappa shape index (κ3) is 4.70. The Kier molecular flexibility index (Phi) is 5.50. The lowest BCUT2D eigenvalue weighted by Gasteiger charge is -2.32. The van der Waals surface area contributed by atoms with Crippen LogP contribution in [-0.4, -0.2) is 35.1 Å². The molecule has 1 fully saturated rings. The molecule has 6 nitrogen and oxygen atoms in total. The first-order valence-electron chi connectivity index (χ1n) is 8.59. The van der Waals surface area contributed by atoms with Crippen molar-refractivity contribution in [3.05, 3.63) is 53.7 Å². The molecule has 0 aliphatic carbocycles. The summed E-state index contributed by atoms with van der Waals surface area (Å²) in [7, 11) is 0. The van der Waals surface area contributed by atoms with Gasteiger partial charge in [-0.25, -0.2) is 9.78 Å². The van der Waals surface area contributed by atoms with Crippen molar-refractivity contribution in [1.82, 2.24) is 9.88 Å². The number of hydrogen-bond acceptors (Lipinski definition) is 4. The zero-order valence-corrected chi connectivity index (χ0v) is 14.4. The highest BCUT2D eigenvalue weighted by Gasteiger charge is 2.24. The fourth-order valence-electron chi connectivity index (χ4n) is 2.96. The van der Waals surface area contributed by atoms with Crippen LogP contribution in [0, 0.1) is 6.92 Å². The second-order valence-electron chi connectivity index (χ2n) is 6.26. The zero-order chi connectivity index (χ0) is 17.6. The number of aromatic nitrogens is 1. The van der Waals surface area contributed by atoms with E-state index in [4.69, 9.17) is 10.5 Å². The van der Waals surface area contributed by atoms with Gasteiger partial charge < -0.3 is 20.7 Å². The summed E-state index contributed by atoms with van der Waals surface area (Å²) in [6.07, 6.45) is 1.65. The first-order chi connectivity index (χ1) is 12.1. The lowest BCUT2D eigenvalue weighted by atomic mass is 10.1. The van der Waals surface area contributed by atoms with Gasteiger partial charge in [-0.05, 0) is 30.7 Å². The molecule has 0 unspecified atom stereocenters. The Bertz CT molecular complexity index is 713. The summed E-state index contributed by atoms with van der Waals surface area (Å²) in [6.45, 7) is 3.73. The van der Waals surface area contributed by atoms with Gasteiger partial charge in [-0.2, -0.15) is 0 Å². The van der Waals surface area contributed by atoms with Crippen LogP contribution in [0.5, 0.6) is 5.88 Å². The molecular formula is C19H24N4O2. The Morgan fingerprint density at radius 1 is 1.28 bits per heavy atom. The average molecular weight is 340 g/mol. The monoisotopic (exact) mass is 340 g/mol. The molecule has 2 amide bonds. The highest BCUT2D eigenvalue weighted by molar-refractivity contribution is 5.89. The van der Waals surface area contributed by atoms with E-state index in [2.05, 4.69) is 10.3 Å². The van der Waals surface area contributed by atoms with Crippen molar-refractivity contribution >= 4 is 11.7 Å². The summed E-state index contributed by atoms with van der Waals surface area (Å²) in [5, 5.41) is 2.92. The van der Waals surface area contributed by atoms with Crippen LogP contribution >= 0.6 is 0 Å². The van der Waals surface area contributed by atoms with Gasteiger partial charge in [0.2, 0.25) is 5.88 Å². The maximum atomic E-state index is 12.3. The van der Waals surface area contributed by atoms with Gasteiger partial charge in [0.05, 0.1) is 0 Å². The Morgan fingerprint density at radius 3 is 2.68 bits per heavy atom. The van der Waals surface area contributed by atoms with Gasteiger partial charge in [-0.3, -0.25) is 0 Å². The number of benzene rings is 1. The van der Waals surface area contributed by atoms with Crippen molar-refractivity contribution in [2.24, 2.45) is 5.73 Å². The first kappa shape index (κ1) is 17.2. The van der Waals surface area contributed by atoms with Crippen molar-refractivity contribution in [1.29, 1.82) is 0 Å². The molecule has 1 aliphatic heterocycles. The minimum absolute atomic E-state index is 0.0660. The molecule has 132 valence electrons. The number of pyridine rings is 1. The highest BCUT2D eigenvalue weighted by atomic mass is 16.5. The van der Waals surface area contributed by atoms with Gasteiger partial charge >= 0.3 is 6.03 Å². The number of likely N-dealkylation sites (tertiary alicyclic amines) is 1. The molecule has 1 aromatic heterocycles. The number of aryl methyl sites for hydroxylation is 1. The number of carbonyl (C=O) groups excluding carboxylic acids is 1. The van der Waals surface area contributed by atoms with Crippen LogP contribution in [0.2, 0.25) is 0 Å². The number of piperidine rings is 1. The summed E-state index contributed by atoms with van der Waals surface area (Å²) in [4.78, 5) is 18.5. The summed E-state index contributed by atoms with van der Waals surface area (Å²) >= 11 is 0. The van der Waals surface area contributed by atoms with E-state index in [-0.39, 0.29) is 12.1 Å². The van der Waals surface area contributed by atoms with E-state index in [1.807, 2.05) is 54.3 Å². The van der Waals surface area contributed by atoms with Crippen molar-refractivity contribution < 1.29 is 9.53 Å². The molecule has 6 heteroatoms. The number of hydrogen-bond donors (Lipinski definition) is 2. The number of carbonyl (C=O) groups is 1. The van der Waals surface area contributed by atoms with E-state index >= 15 is 0 Å². The molecule has 1 aliphatic rings. The normalized spacial score (nSPS) is 15.0. The topological polar surface area (TPSA) is 80.5 Å². The lowest BCUT2D eigenvalue weighted by Crippen LogP contribution is -2.43. The lowest BCUT2D eigenvalue weighted by molar-refractivity contribution is 0.111. The van der Waals surface area contributed by atoms with E-state index in [9.17, 15) is 4.79 Å². The Morgan fingerprint density at radius 2 is 2.00 bits per heavy atom. The van der Waals surface area contributed by atoms with E-state index < -0.39 is 0 Å². The summed E-state index contributed by atoms with van der Waals surface area (Å²) in [6, 6.07) is 13.3. The van der Waals surface area contributed by atoms with Gasteiger partial charge in [-0.15, -0.1) is 0 Å². The molecule has 1 saturated heterocycles. The maximum Gasteiger partial charge on any atom is 0.321 e. The number of nitrogens with zero attached hydrogens (tertiary/aromatic N) is 2. The summed E-state index contributed by atoms with van der Waals surface area (Å²) in [5.74, 6) is 0.618. The van der Waals surface area contributed by atoms with E-state index in [0.29, 0.717) is 25.5 Å². The van der Waals surface area contributed by atoms with Crippen molar-refractivity contribution in [2.45, 2.75) is 32.4 Å². The SMILES string of the molecule is Cc1cc(CN)cc(OC2CCN(C(=O)Nc3ccccc3)CC2)n1. The third-order valence-corrected chi connectivity index (χ3v) is 4.27. The third-order valence-electron chi connectivity index (χ3n) is 4.27. The van der Waals surface area contributed by atoms with Crippen molar-refractivity contribution in [2.75, 3.05) is 18.4 Å². The van der Waals surface area contributed by atoms with E-state index in [1.165, 1.54) is 0 Å². The van der Waals surface area contributed by atoms with Gasteiger partial charge in [0.1, 0.15) is 6.10 Å². The molecule has 25 heavy (non-hydrogen) atoms. The molecule has 0 radical (unpaired) electrons. The Balaban J connectivity index is 1.52. The number of urea groups is 1. The Labute approximate surface area is 148 Å². The van der Waals surface area contributed by atoms with Crippen LogP contribution in [0.3, 0.4) is 0 Å². The fraction of sp³-hybridized carbons (Fsp3) is 0.368. The van der Waals surface area contributed by atoms with Crippen LogP contribution in [0.25, 0.3) is 0 Å². The largest absolute Gasteiger partial charge is 0.474 e. The fourth-order valence-corrected chi connectivity index (χ4v) is 2.96. The second-order valence-corrected chi connectivity index (χ2v) is 6.26. The number of amides is 2. The first-order valence-corrected chi connectivity index (χ1v) is 8.59. The highest BCUT2D eigenvalue weighted by Crippen LogP contribution is 2.20. The predicted octanol–water partition coefficient (Wildman–Crippen LogP) is 2.92. The average Bonchev–Trinajstić information content (AvgIpc) is 2.62. The number of anilines is 1. The van der Waals surface area contributed by atoms with E-state index in [1.54, 1.807) is 0 Å².